The SMILES string of the molecule is CCCC1CCC(C2CCC(c3ccc(/C=C/c4ccc(F)c(F)c4)cc3)CC2)CC1. The van der Waals surface area contributed by atoms with Crippen molar-refractivity contribution in [3.8, 4) is 0 Å². The van der Waals surface area contributed by atoms with E-state index in [4.69, 9.17) is 0 Å². The standard InChI is InChI=1S/C29H36F2/c1-2-3-21-6-11-24(12-7-21)26-15-17-27(18-16-26)25-13-8-22(9-14-25)4-5-23-10-19-28(30)29(31)20-23/h4-5,8-10,13-14,19-21,24,26-27H,2-3,6-7,11-12,15-18H2,1H3/b5-4+. The number of hydrogen-bond acceptors (Lipinski definition) is 0. The maximum atomic E-state index is 13.3. The molecule has 4 rings (SSSR count). The van der Waals surface area contributed by atoms with Crippen LogP contribution in [0.2, 0.25) is 0 Å². The smallest absolute Gasteiger partial charge is 0.159 e. The van der Waals surface area contributed by atoms with Crippen LogP contribution in [0.1, 0.15) is 93.7 Å². The van der Waals surface area contributed by atoms with Gasteiger partial charge in [0.2, 0.25) is 0 Å². The lowest BCUT2D eigenvalue weighted by Gasteiger charge is -2.38. The Morgan fingerprint density at radius 1 is 0.710 bits per heavy atom. The van der Waals surface area contributed by atoms with Crippen molar-refractivity contribution in [2.45, 2.75) is 77.0 Å². The first kappa shape index (κ1) is 22.2. The van der Waals surface area contributed by atoms with E-state index < -0.39 is 11.6 Å². The summed E-state index contributed by atoms with van der Waals surface area (Å²) in [5.41, 5.74) is 3.21. The predicted octanol–water partition coefficient (Wildman–Crippen LogP) is 9.02. The Balaban J connectivity index is 1.27. The topological polar surface area (TPSA) is 0 Å². The Bertz CT molecular complexity index is 851. The third-order valence-corrected chi connectivity index (χ3v) is 7.85. The molecule has 31 heavy (non-hydrogen) atoms. The summed E-state index contributed by atoms with van der Waals surface area (Å²) < 4.78 is 26.4. The Kier molecular flexibility index (Phi) is 7.58. The molecule has 0 unspecified atom stereocenters. The van der Waals surface area contributed by atoms with E-state index >= 15 is 0 Å². The molecule has 0 aromatic heterocycles. The van der Waals surface area contributed by atoms with Crippen LogP contribution in [0.5, 0.6) is 0 Å². The van der Waals surface area contributed by atoms with Crippen molar-refractivity contribution < 1.29 is 8.78 Å². The summed E-state index contributed by atoms with van der Waals surface area (Å²) >= 11 is 0. The van der Waals surface area contributed by atoms with Gasteiger partial charge < -0.3 is 0 Å². The molecule has 0 amide bonds. The lowest BCUT2D eigenvalue weighted by molar-refractivity contribution is 0.156. The summed E-state index contributed by atoms with van der Waals surface area (Å²) in [4.78, 5) is 0. The first-order valence-electron chi connectivity index (χ1n) is 12.4. The van der Waals surface area contributed by atoms with Crippen LogP contribution in [0, 0.1) is 29.4 Å². The fraction of sp³-hybridized carbons (Fsp3) is 0.517. The van der Waals surface area contributed by atoms with Crippen molar-refractivity contribution in [1.82, 2.24) is 0 Å². The van der Waals surface area contributed by atoms with Crippen LogP contribution >= 0.6 is 0 Å². The summed E-state index contributed by atoms with van der Waals surface area (Å²) in [7, 11) is 0. The molecule has 2 fully saturated rings. The van der Waals surface area contributed by atoms with Gasteiger partial charge in [0.1, 0.15) is 0 Å². The summed E-state index contributed by atoms with van der Waals surface area (Å²) in [5.74, 6) is 2.03. The Labute approximate surface area is 186 Å². The highest BCUT2D eigenvalue weighted by Gasteiger charge is 2.31. The molecular weight excluding hydrogens is 386 g/mol. The Morgan fingerprint density at radius 2 is 1.29 bits per heavy atom. The van der Waals surface area contributed by atoms with Gasteiger partial charge in [0.25, 0.3) is 0 Å². The molecule has 2 saturated carbocycles. The lowest BCUT2D eigenvalue weighted by Crippen LogP contribution is -2.25. The second kappa shape index (κ2) is 10.6. The van der Waals surface area contributed by atoms with Crippen LogP contribution < -0.4 is 0 Å². The van der Waals surface area contributed by atoms with Gasteiger partial charge in [-0.25, -0.2) is 8.78 Å². The van der Waals surface area contributed by atoms with Crippen molar-refractivity contribution in [1.29, 1.82) is 0 Å². The van der Waals surface area contributed by atoms with E-state index in [1.54, 1.807) is 6.07 Å². The molecule has 2 aromatic carbocycles. The van der Waals surface area contributed by atoms with Crippen LogP contribution in [0.3, 0.4) is 0 Å². The van der Waals surface area contributed by atoms with Crippen LogP contribution in [0.4, 0.5) is 8.78 Å². The first-order chi connectivity index (χ1) is 15.1. The van der Waals surface area contributed by atoms with E-state index in [0.717, 1.165) is 23.3 Å². The zero-order valence-electron chi connectivity index (χ0n) is 18.8. The summed E-state index contributed by atoms with van der Waals surface area (Å²) in [6.45, 7) is 2.32. The fourth-order valence-electron chi connectivity index (χ4n) is 5.97. The molecule has 2 aliphatic carbocycles. The van der Waals surface area contributed by atoms with Crippen LogP contribution in [-0.2, 0) is 0 Å². The summed E-state index contributed by atoms with van der Waals surface area (Å²) in [6.07, 6.45) is 17.9. The molecule has 0 radical (unpaired) electrons. The maximum absolute atomic E-state index is 13.3. The molecule has 2 heteroatoms. The van der Waals surface area contributed by atoms with Gasteiger partial charge in [0, 0.05) is 0 Å². The molecule has 2 aromatic rings. The van der Waals surface area contributed by atoms with Gasteiger partial charge in [-0.15, -0.1) is 0 Å². The molecule has 0 saturated heterocycles. The minimum absolute atomic E-state index is 0.671. The van der Waals surface area contributed by atoms with Crippen molar-refractivity contribution in [2.24, 2.45) is 17.8 Å². The number of benzene rings is 2. The Hall–Kier alpha value is -1.96. The number of rotatable bonds is 6. The van der Waals surface area contributed by atoms with Crippen LogP contribution in [0.25, 0.3) is 12.2 Å². The lowest BCUT2D eigenvalue weighted by atomic mass is 9.68. The monoisotopic (exact) mass is 422 g/mol. The van der Waals surface area contributed by atoms with Gasteiger partial charge in [0.15, 0.2) is 11.6 Å². The average Bonchev–Trinajstić information content (AvgIpc) is 2.81. The normalized spacial score (nSPS) is 26.9. The fourth-order valence-corrected chi connectivity index (χ4v) is 5.97. The highest BCUT2D eigenvalue weighted by Crippen LogP contribution is 2.44. The average molecular weight is 423 g/mol. The largest absolute Gasteiger partial charge is 0.204 e. The van der Waals surface area contributed by atoms with Crippen molar-refractivity contribution >= 4 is 12.2 Å². The summed E-state index contributed by atoms with van der Waals surface area (Å²) in [6, 6.07) is 12.8. The van der Waals surface area contributed by atoms with E-state index in [1.165, 1.54) is 81.9 Å². The Morgan fingerprint density at radius 3 is 1.90 bits per heavy atom. The zero-order chi connectivity index (χ0) is 21.6. The van der Waals surface area contributed by atoms with Crippen LogP contribution in [-0.4, -0.2) is 0 Å². The van der Waals surface area contributed by atoms with Crippen molar-refractivity contribution in [3.63, 3.8) is 0 Å². The van der Waals surface area contributed by atoms with Crippen LogP contribution in [0.15, 0.2) is 42.5 Å². The minimum Gasteiger partial charge on any atom is -0.204 e. The third kappa shape index (κ3) is 5.84. The van der Waals surface area contributed by atoms with Gasteiger partial charge in [-0.2, -0.15) is 0 Å². The molecule has 0 heterocycles. The number of halogens is 2. The van der Waals surface area contributed by atoms with E-state index in [0.29, 0.717) is 11.5 Å². The number of hydrogen-bond donors (Lipinski definition) is 0. The van der Waals surface area contributed by atoms with Gasteiger partial charge in [0.05, 0.1) is 0 Å². The highest BCUT2D eigenvalue weighted by atomic mass is 19.2. The molecule has 0 nitrogen and oxygen atoms in total. The quantitative estimate of drug-likeness (QED) is 0.407. The van der Waals surface area contributed by atoms with Gasteiger partial charge >= 0.3 is 0 Å². The first-order valence-corrected chi connectivity index (χ1v) is 12.4. The maximum Gasteiger partial charge on any atom is 0.159 e. The van der Waals surface area contributed by atoms with Gasteiger partial charge in [-0.05, 0) is 91.0 Å². The van der Waals surface area contributed by atoms with Gasteiger partial charge in [-0.1, -0.05) is 75.1 Å². The minimum atomic E-state index is -0.805. The molecule has 0 aliphatic heterocycles. The summed E-state index contributed by atoms with van der Waals surface area (Å²) in [5, 5.41) is 0. The highest BCUT2D eigenvalue weighted by molar-refractivity contribution is 5.69. The van der Waals surface area contributed by atoms with E-state index in [1.807, 2.05) is 12.2 Å². The van der Waals surface area contributed by atoms with Gasteiger partial charge in [-0.3, -0.25) is 0 Å². The van der Waals surface area contributed by atoms with Crippen molar-refractivity contribution in [2.75, 3.05) is 0 Å². The second-order valence-electron chi connectivity index (χ2n) is 9.85. The molecule has 0 N–H and O–H groups in total. The molecule has 166 valence electrons. The third-order valence-electron chi connectivity index (χ3n) is 7.85. The molecule has 0 atom stereocenters. The second-order valence-corrected chi connectivity index (χ2v) is 9.85. The van der Waals surface area contributed by atoms with E-state index in [2.05, 4.69) is 31.2 Å². The molecule has 0 spiro atoms. The zero-order valence-corrected chi connectivity index (χ0v) is 18.8. The van der Waals surface area contributed by atoms with Crippen molar-refractivity contribution in [3.05, 3.63) is 70.8 Å². The molecule has 0 bridgehead atoms. The van der Waals surface area contributed by atoms with E-state index in [-0.39, 0.29) is 0 Å². The molecular formula is C29H36F2. The molecule has 2 aliphatic rings. The predicted molar refractivity (Wildman–Crippen MR) is 127 cm³/mol. The van der Waals surface area contributed by atoms with E-state index in [9.17, 15) is 8.78 Å².